The second kappa shape index (κ2) is 10.0. The van der Waals surface area contributed by atoms with Gasteiger partial charge in [0.15, 0.2) is 0 Å². The molecule has 148 valence electrons. The van der Waals surface area contributed by atoms with Crippen molar-refractivity contribution in [3.8, 4) is 0 Å². The van der Waals surface area contributed by atoms with Gasteiger partial charge in [0.05, 0.1) is 19.8 Å². The number of amides is 3. The molecule has 0 saturated carbocycles. The molecule has 1 aliphatic rings. The van der Waals surface area contributed by atoms with E-state index in [0.717, 1.165) is 4.90 Å². The Hall–Kier alpha value is -2.28. The molecule has 1 fully saturated rings. The molecule has 0 aliphatic carbocycles. The molecule has 1 saturated heterocycles. The molecule has 0 aromatic carbocycles. The van der Waals surface area contributed by atoms with E-state index in [-0.39, 0.29) is 13.0 Å². The van der Waals surface area contributed by atoms with Gasteiger partial charge in [0.25, 0.3) is 0 Å². The molecule has 1 heterocycles. The zero-order valence-electron chi connectivity index (χ0n) is 14.0. The van der Waals surface area contributed by atoms with Crippen LogP contribution in [0.3, 0.4) is 0 Å². The number of carbonyl (C=O) groups is 4. The van der Waals surface area contributed by atoms with Crippen molar-refractivity contribution in [1.29, 1.82) is 0 Å². The Balaban J connectivity index is 2.75. The van der Waals surface area contributed by atoms with Crippen molar-refractivity contribution in [2.75, 3.05) is 26.4 Å². The molecule has 12 nitrogen and oxygen atoms in total. The first-order chi connectivity index (χ1) is 12.3. The Labute approximate surface area is 149 Å². The van der Waals surface area contributed by atoms with Gasteiger partial charge in [0, 0.05) is 6.54 Å². The first-order valence-electron chi connectivity index (χ1n) is 7.99. The molecule has 1 rings (SSSR count). The van der Waals surface area contributed by atoms with E-state index >= 15 is 0 Å². The van der Waals surface area contributed by atoms with E-state index in [0.29, 0.717) is 6.42 Å². The van der Waals surface area contributed by atoms with Crippen LogP contribution in [-0.4, -0.2) is 99.5 Å². The Bertz CT molecular complexity index is 543. The fourth-order valence-electron chi connectivity index (χ4n) is 2.50. The van der Waals surface area contributed by atoms with E-state index in [2.05, 4.69) is 10.6 Å². The van der Waals surface area contributed by atoms with Crippen molar-refractivity contribution in [3.63, 3.8) is 0 Å². The van der Waals surface area contributed by atoms with Gasteiger partial charge in [-0.15, -0.1) is 0 Å². The largest absolute Gasteiger partial charge is 0.480 e. The van der Waals surface area contributed by atoms with E-state index in [4.69, 9.17) is 15.9 Å². The van der Waals surface area contributed by atoms with Crippen LogP contribution in [0.1, 0.15) is 12.8 Å². The van der Waals surface area contributed by atoms with Crippen molar-refractivity contribution in [3.05, 3.63) is 0 Å². The number of aliphatic hydroxyl groups is 3. The summed E-state index contributed by atoms with van der Waals surface area (Å²) in [4.78, 5) is 48.3. The number of nitrogens with one attached hydrogen (secondary N) is 2. The van der Waals surface area contributed by atoms with Crippen molar-refractivity contribution >= 4 is 23.7 Å². The summed E-state index contributed by atoms with van der Waals surface area (Å²) in [5, 5.41) is 40.8. The van der Waals surface area contributed by atoms with E-state index < -0.39 is 67.7 Å². The van der Waals surface area contributed by atoms with Crippen molar-refractivity contribution in [1.82, 2.24) is 15.5 Å². The lowest BCUT2D eigenvalue weighted by Crippen LogP contribution is -2.59. The van der Waals surface area contributed by atoms with Crippen LogP contribution in [0.15, 0.2) is 0 Å². The number of hydrogen-bond donors (Lipinski definition) is 7. The van der Waals surface area contributed by atoms with Crippen LogP contribution in [-0.2, 0) is 19.2 Å². The maximum Gasteiger partial charge on any atom is 0.326 e. The number of aliphatic hydroxyl groups excluding tert-OH is 3. The highest BCUT2D eigenvalue weighted by molar-refractivity contribution is 5.94. The normalized spacial score (nSPS) is 20.2. The Morgan fingerprint density at radius 3 is 2.08 bits per heavy atom. The smallest absolute Gasteiger partial charge is 0.326 e. The number of carboxylic acids is 1. The number of carboxylic acid groups (broad SMARTS) is 1. The highest BCUT2D eigenvalue weighted by atomic mass is 16.4. The molecule has 1 aliphatic heterocycles. The molecule has 12 heteroatoms. The summed E-state index contributed by atoms with van der Waals surface area (Å²) in [6, 6.07) is -5.23. The summed E-state index contributed by atoms with van der Waals surface area (Å²) in [6.45, 7) is -2.11. The Kier molecular flexibility index (Phi) is 8.38. The zero-order chi connectivity index (χ0) is 19.9. The van der Waals surface area contributed by atoms with E-state index in [1.54, 1.807) is 0 Å². The number of likely N-dealkylation sites (tertiary alicyclic amines) is 1. The molecule has 4 unspecified atom stereocenters. The fraction of sp³-hybridized carbons (Fsp3) is 0.714. The van der Waals surface area contributed by atoms with Gasteiger partial charge in [-0.3, -0.25) is 14.4 Å². The number of carbonyl (C=O) groups excluding carboxylic acids is 3. The third-order valence-electron chi connectivity index (χ3n) is 3.97. The van der Waals surface area contributed by atoms with Crippen LogP contribution in [0.2, 0.25) is 0 Å². The van der Waals surface area contributed by atoms with E-state index in [9.17, 15) is 29.4 Å². The monoisotopic (exact) mass is 376 g/mol. The first-order valence-corrected chi connectivity index (χ1v) is 7.99. The van der Waals surface area contributed by atoms with Gasteiger partial charge < -0.3 is 41.7 Å². The minimum Gasteiger partial charge on any atom is -0.480 e. The van der Waals surface area contributed by atoms with Crippen molar-refractivity contribution in [2.24, 2.45) is 5.73 Å². The topological polar surface area (TPSA) is 203 Å². The SMILES string of the molecule is NC(CO)C(=O)NC(CO)C(=O)NC(CO)C(=O)N1CCCC1C(=O)O. The highest BCUT2D eigenvalue weighted by Gasteiger charge is 2.38. The second-order valence-corrected chi connectivity index (χ2v) is 5.80. The molecule has 0 aromatic heterocycles. The van der Waals surface area contributed by atoms with Crippen LogP contribution in [0.25, 0.3) is 0 Å². The second-order valence-electron chi connectivity index (χ2n) is 5.80. The summed E-state index contributed by atoms with van der Waals surface area (Å²) in [5.74, 6) is -3.82. The molecular formula is C14H24N4O8. The molecule has 0 bridgehead atoms. The van der Waals surface area contributed by atoms with Crippen LogP contribution in [0.4, 0.5) is 0 Å². The summed E-state index contributed by atoms with van der Waals surface area (Å²) in [7, 11) is 0. The number of nitrogens with two attached hydrogens (primary N) is 1. The van der Waals surface area contributed by atoms with Gasteiger partial charge in [-0.1, -0.05) is 0 Å². The van der Waals surface area contributed by atoms with Crippen LogP contribution in [0.5, 0.6) is 0 Å². The van der Waals surface area contributed by atoms with Crippen LogP contribution < -0.4 is 16.4 Å². The summed E-state index contributed by atoms with van der Waals surface area (Å²) >= 11 is 0. The van der Waals surface area contributed by atoms with E-state index in [1.807, 2.05) is 0 Å². The highest BCUT2D eigenvalue weighted by Crippen LogP contribution is 2.18. The van der Waals surface area contributed by atoms with Gasteiger partial charge in [-0.05, 0) is 12.8 Å². The zero-order valence-corrected chi connectivity index (χ0v) is 14.0. The van der Waals surface area contributed by atoms with Crippen LogP contribution in [0, 0.1) is 0 Å². The van der Waals surface area contributed by atoms with Crippen molar-refractivity contribution in [2.45, 2.75) is 37.0 Å². The number of nitrogens with zero attached hydrogens (tertiary/aromatic N) is 1. The third kappa shape index (κ3) is 5.36. The minimum absolute atomic E-state index is 0.174. The van der Waals surface area contributed by atoms with Gasteiger partial charge >= 0.3 is 5.97 Å². The van der Waals surface area contributed by atoms with Crippen molar-refractivity contribution < 1.29 is 39.6 Å². The minimum atomic E-state index is -1.46. The molecule has 4 atom stereocenters. The lowest BCUT2D eigenvalue weighted by atomic mass is 10.2. The molecule has 0 aromatic rings. The molecule has 8 N–H and O–H groups in total. The van der Waals surface area contributed by atoms with Gasteiger partial charge in [-0.2, -0.15) is 0 Å². The summed E-state index contributed by atoms with van der Waals surface area (Å²) in [6.07, 6.45) is 0.741. The molecule has 0 radical (unpaired) electrons. The maximum absolute atomic E-state index is 12.4. The summed E-state index contributed by atoms with van der Waals surface area (Å²) in [5.41, 5.74) is 5.29. The lowest BCUT2D eigenvalue weighted by molar-refractivity contribution is -0.150. The van der Waals surface area contributed by atoms with Gasteiger partial charge in [-0.25, -0.2) is 4.79 Å². The first kappa shape index (κ1) is 21.8. The molecular weight excluding hydrogens is 352 g/mol. The number of hydrogen-bond acceptors (Lipinski definition) is 8. The number of rotatable bonds is 9. The van der Waals surface area contributed by atoms with Gasteiger partial charge in [0.1, 0.15) is 24.2 Å². The molecule has 0 spiro atoms. The van der Waals surface area contributed by atoms with E-state index in [1.165, 1.54) is 0 Å². The molecule has 3 amide bonds. The third-order valence-corrected chi connectivity index (χ3v) is 3.97. The summed E-state index contributed by atoms with van der Waals surface area (Å²) < 4.78 is 0. The van der Waals surface area contributed by atoms with Gasteiger partial charge in [0.2, 0.25) is 17.7 Å². The predicted octanol–water partition coefficient (Wildman–Crippen LogP) is -4.66. The predicted molar refractivity (Wildman–Crippen MR) is 85.5 cm³/mol. The Morgan fingerprint density at radius 1 is 1.00 bits per heavy atom. The Morgan fingerprint density at radius 2 is 1.58 bits per heavy atom. The fourth-order valence-corrected chi connectivity index (χ4v) is 2.50. The average molecular weight is 376 g/mol. The standard InChI is InChI=1S/C14H24N4O8/c15-7(4-19)11(22)16-8(5-20)12(23)17-9(6-21)13(24)18-3-1-2-10(18)14(25)26/h7-10,19-21H,1-6,15H2,(H,16,22)(H,17,23)(H,25,26). The lowest BCUT2D eigenvalue weighted by Gasteiger charge is -2.27. The maximum atomic E-state index is 12.4. The quantitative estimate of drug-likeness (QED) is 0.206. The molecule has 26 heavy (non-hydrogen) atoms. The van der Waals surface area contributed by atoms with Crippen LogP contribution >= 0.6 is 0 Å². The average Bonchev–Trinajstić information content (AvgIpc) is 3.12. The number of aliphatic carboxylic acids is 1.